The number of benzene rings is 2. The summed E-state index contributed by atoms with van der Waals surface area (Å²) in [7, 11) is 0. The first kappa shape index (κ1) is 20.8. The highest BCUT2D eigenvalue weighted by atomic mass is 16.4. The molecule has 0 aliphatic carbocycles. The minimum atomic E-state index is -0.966. The highest BCUT2D eigenvalue weighted by Gasteiger charge is 2.30. The van der Waals surface area contributed by atoms with Gasteiger partial charge in [0.25, 0.3) is 0 Å². The first-order valence-corrected chi connectivity index (χ1v) is 10.3. The normalized spacial score (nSPS) is 17.7. The minimum Gasteiger partial charge on any atom is -0.481 e. The first-order valence-electron chi connectivity index (χ1n) is 10.3. The summed E-state index contributed by atoms with van der Waals surface area (Å²) in [5.74, 6) is -1.37. The number of carboxylic acid groups (broad SMARTS) is 1. The second kappa shape index (κ2) is 9.54. The van der Waals surface area contributed by atoms with Crippen molar-refractivity contribution in [1.82, 2.24) is 10.2 Å². The lowest BCUT2D eigenvalue weighted by Gasteiger charge is -2.33. The van der Waals surface area contributed by atoms with Gasteiger partial charge in [0.1, 0.15) is 0 Å². The van der Waals surface area contributed by atoms with E-state index in [-0.39, 0.29) is 24.2 Å². The maximum absolute atomic E-state index is 12.9. The van der Waals surface area contributed by atoms with Crippen LogP contribution in [0.1, 0.15) is 50.6 Å². The molecule has 1 heterocycles. The molecule has 0 bridgehead atoms. The highest BCUT2D eigenvalue weighted by molar-refractivity contribution is 5.85. The summed E-state index contributed by atoms with van der Waals surface area (Å²) < 4.78 is 0. The number of fused-ring (bicyclic) bond motifs is 1. The van der Waals surface area contributed by atoms with E-state index in [4.69, 9.17) is 0 Å². The first-order chi connectivity index (χ1) is 14.0. The molecule has 6 heteroatoms. The van der Waals surface area contributed by atoms with E-state index in [9.17, 15) is 19.5 Å². The van der Waals surface area contributed by atoms with Crippen LogP contribution in [0.25, 0.3) is 10.8 Å². The van der Waals surface area contributed by atoms with Gasteiger partial charge in [-0.1, -0.05) is 43.3 Å². The van der Waals surface area contributed by atoms with E-state index in [1.807, 2.05) is 49.4 Å². The number of rotatable bonds is 7. The predicted molar refractivity (Wildman–Crippen MR) is 111 cm³/mol. The SMILES string of the molecule is CCCC(=O)N1CCCC(C(=O)N[C@@H](CC(=O)O)c2ccc3ccccc3c2)C1. The second-order valence-electron chi connectivity index (χ2n) is 7.69. The van der Waals surface area contributed by atoms with E-state index >= 15 is 0 Å². The number of aliphatic carboxylic acids is 1. The van der Waals surface area contributed by atoms with Crippen molar-refractivity contribution in [3.63, 3.8) is 0 Å². The molecule has 1 aliphatic heterocycles. The fraction of sp³-hybridized carbons (Fsp3) is 0.435. The number of amides is 2. The number of nitrogens with one attached hydrogen (secondary N) is 1. The lowest BCUT2D eigenvalue weighted by molar-refractivity contribution is -0.138. The Morgan fingerprint density at radius 3 is 2.66 bits per heavy atom. The Morgan fingerprint density at radius 2 is 1.93 bits per heavy atom. The fourth-order valence-corrected chi connectivity index (χ4v) is 3.93. The van der Waals surface area contributed by atoms with E-state index in [1.54, 1.807) is 4.90 Å². The average molecular weight is 396 g/mol. The van der Waals surface area contributed by atoms with Crippen LogP contribution in [0.15, 0.2) is 42.5 Å². The van der Waals surface area contributed by atoms with Crippen molar-refractivity contribution in [2.45, 2.75) is 45.1 Å². The molecule has 2 N–H and O–H groups in total. The van der Waals surface area contributed by atoms with Gasteiger partial charge in [-0.3, -0.25) is 14.4 Å². The van der Waals surface area contributed by atoms with Crippen molar-refractivity contribution in [1.29, 1.82) is 0 Å². The lowest BCUT2D eigenvalue weighted by atomic mass is 9.94. The monoisotopic (exact) mass is 396 g/mol. The molecule has 0 radical (unpaired) electrons. The van der Waals surface area contributed by atoms with Crippen LogP contribution in [0, 0.1) is 5.92 Å². The Morgan fingerprint density at radius 1 is 1.17 bits per heavy atom. The molecule has 3 rings (SSSR count). The van der Waals surface area contributed by atoms with Gasteiger partial charge in [-0.15, -0.1) is 0 Å². The molecule has 1 unspecified atom stereocenters. The van der Waals surface area contributed by atoms with Crippen LogP contribution >= 0.6 is 0 Å². The van der Waals surface area contributed by atoms with Crippen molar-refractivity contribution in [2.75, 3.05) is 13.1 Å². The molecule has 2 aromatic carbocycles. The molecule has 154 valence electrons. The lowest BCUT2D eigenvalue weighted by Crippen LogP contribution is -2.46. The number of hydrogen-bond acceptors (Lipinski definition) is 3. The number of piperidine rings is 1. The summed E-state index contributed by atoms with van der Waals surface area (Å²) in [4.78, 5) is 38.3. The summed E-state index contributed by atoms with van der Waals surface area (Å²) in [5.41, 5.74) is 0.772. The van der Waals surface area contributed by atoms with Gasteiger partial charge in [-0.25, -0.2) is 0 Å². The van der Waals surface area contributed by atoms with E-state index in [0.717, 1.165) is 29.2 Å². The molecule has 0 spiro atoms. The Bertz CT molecular complexity index is 895. The largest absolute Gasteiger partial charge is 0.481 e. The van der Waals surface area contributed by atoms with Crippen LogP contribution in [0.5, 0.6) is 0 Å². The molecule has 2 amide bonds. The Labute approximate surface area is 170 Å². The molecule has 1 fully saturated rings. The van der Waals surface area contributed by atoms with Gasteiger partial charge >= 0.3 is 5.97 Å². The Kier molecular flexibility index (Phi) is 6.86. The Balaban J connectivity index is 1.74. The molecule has 2 aromatic rings. The summed E-state index contributed by atoms with van der Waals surface area (Å²) in [5, 5.41) is 14.4. The molecule has 0 aromatic heterocycles. The number of hydrogen-bond donors (Lipinski definition) is 2. The van der Waals surface area contributed by atoms with Gasteiger partial charge in [-0.2, -0.15) is 0 Å². The van der Waals surface area contributed by atoms with Gasteiger partial charge < -0.3 is 15.3 Å². The summed E-state index contributed by atoms with van der Waals surface area (Å²) in [6.07, 6.45) is 2.59. The van der Waals surface area contributed by atoms with E-state index in [2.05, 4.69) is 5.32 Å². The quantitative estimate of drug-likeness (QED) is 0.750. The summed E-state index contributed by atoms with van der Waals surface area (Å²) >= 11 is 0. The van der Waals surface area contributed by atoms with Crippen LogP contribution < -0.4 is 5.32 Å². The van der Waals surface area contributed by atoms with Crippen LogP contribution in [-0.4, -0.2) is 40.9 Å². The molecule has 29 heavy (non-hydrogen) atoms. The molecular weight excluding hydrogens is 368 g/mol. The van der Waals surface area contributed by atoms with Crippen molar-refractivity contribution < 1.29 is 19.5 Å². The molecular formula is C23H28N2O4. The van der Waals surface area contributed by atoms with Crippen molar-refractivity contribution in [3.05, 3.63) is 48.0 Å². The van der Waals surface area contributed by atoms with E-state index in [0.29, 0.717) is 25.9 Å². The van der Waals surface area contributed by atoms with Gasteiger partial charge in [0.05, 0.1) is 18.4 Å². The molecule has 1 saturated heterocycles. The zero-order valence-corrected chi connectivity index (χ0v) is 16.8. The van der Waals surface area contributed by atoms with Gasteiger partial charge in [-0.05, 0) is 41.7 Å². The number of likely N-dealkylation sites (tertiary alicyclic amines) is 1. The van der Waals surface area contributed by atoms with Crippen LogP contribution in [-0.2, 0) is 14.4 Å². The van der Waals surface area contributed by atoms with Crippen LogP contribution in [0.4, 0.5) is 0 Å². The standard InChI is InChI=1S/C23H28N2O4/c1-2-6-21(26)25-12-5-9-19(15-25)23(29)24-20(14-22(27)28)18-11-10-16-7-3-4-8-17(16)13-18/h3-4,7-8,10-11,13,19-20H,2,5-6,9,12,14-15H2,1H3,(H,24,29)(H,27,28)/t19?,20-/m0/s1. The zero-order chi connectivity index (χ0) is 20.8. The maximum Gasteiger partial charge on any atom is 0.305 e. The summed E-state index contributed by atoms with van der Waals surface area (Å²) in [6, 6.07) is 13.0. The molecule has 2 atom stereocenters. The third-order valence-corrected chi connectivity index (χ3v) is 5.48. The van der Waals surface area contributed by atoms with Crippen LogP contribution in [0.2, 0.25) is 0 Å². The third kappa shape index (κ3) is 5.34. The number of nitrogens with zero attached hydrogens (tertiary/aromatic N) is 1. The fourth-order valence-electron chi connectivity index (χ4n) is 3.93. The van der Waals surface area contributed by atoms with Crippen molar-refractivity contribution in [3.8, 4) is 0 Å². The van der Waals surface area contributed by atoms with Gasteiger partial charge in [0.2, 0.25) is 11.8 Å². The topological polar surface area (TPSA) is 86.7 Å². The Hall–Kier alpha value is -2.89. The highest BCUT2D eigenvalue weighted by Crippen LogP contribution is 2.25. The third-order valence-electron chi connectivity index (χ3n) is 5.48. The van der Waals surface area contributed by atoms with Crippen molar-refractivity contribution >= 4 is 28.6 Å². The maximum atomic E-state index is 12.9. The smallest absolute Gasteiger partial charge is 0.305 e. The van der Waals surface area contributed by atoms with Crippen molar-refractivity contribution in [2.24, 2.45) is 5.92 Å². The number of carboxylic acids is 1. The zero-order valence-electron chi connectivity index (χ0n) is 16.8. The van der Waals surface area contributed by atoms with E-state index in [1.165, 1.54) is 0 Å². The van der Waals surface area contributed by atoms with Gasteiger partial charge in [0, 0.05) is 19.5 Å². The van der Waals surface area contributed by atoms with Gasteiger partial charge in [0.15, 0.2) is 0 Å². The summed E-state index contributed by atoms with van der Waals surface area (Å²) in [6.45, 7) is 3.06. The van der Waals surface area contributed by atoms with E-state index < -0.39 is 12.0 Å². The molecule has 6 nitrogen and oxygen atoms in total. The predicted octanol–water partition coefficient (Wildman–Crippen LogP) is 3.51. The average Bonchev–Trinajstić information content (AvgIpc) is 2.73. The number of carbonyl (C=O) groups excluding carboxylic acids is 2. The second-order valence-corrected chi connectivity index (χ2v) is 7.69. The van der Waals surface area contributed by atoms with Crippen LogP contribution in [0.3, 0.4) is 0 Å². The minimum absolute atomic E-state index is 0.0848. The molecule has 0 saturated carbocycles. The molecule has 1 aliphatic rings. The number of carbonyl (C=O) groups is 3.